The highest BCUT2D eigenvalue weighted by Gasteiger charge is 2.38. The molecule has 0 aliphatic carbocycles. The van der Waals surface area contributed by atoms with Crippen LogP contribution in [0.25, 0.3) is 0 Å². The molecule has 0 bridgehead atoms. The summed E-state index contributed by atoms with van der Waals surface area (Å²) in [6.07, 6.45) is 1.97. The molecule has 0 aromatic carbocycles. The molecule has 1 aromatic heterocycles. The van der Waals surface area contributed by atoms with E-state index < -0.39 is 5.67 Å². The van der Waals surface area contributed by atoms with Gasteiger partial charge >= 0.3 is 6.09 Å². The van der Waals surface area contributed by atoms with Crippen molar-refractivity contribution < 1.29 is 18.7 Å². The number of halogens is 1. The number of nitrogens with zero attached hydrogens (tertiary/aromatic N) is 3. The van der Waals surface area contributed by atoms with Crippen molar-refractivity contribution in [3.8, 4) is 0 Å². The second-order valence-electron chi connectivity index (χ2n) is 5.91. The summed E-state index contributed by atoms with van der Waals surface area (Å²) in [7, 11) is 0. The van der Waals surface area contributed by atoms with E-state index >= 15 is 0 Å². The van der Waals surface area contributed by atoms with E-state index in [2.05, 4.69) is 4.98 Å². The van der Waals surface area contributed by atoms with E-state index in [9.17, 15) is 14.0 Å². The maximum absolute atomic E-state index is 15.0. The van der Waals surface area contributed by atoms with Crippen molar-refractivity contribution in [2.75, 3.05) is 32.8 Å². The molecule has 2 aliphatic heterocycles. The molecule has 124 valence electrons. The van der Waals surface area contributed by atoms with Crippen molar-refractivity contribution in [3.63, 3.8) is 0 Å². The van der Waals surface area contributed by atoms with Crippen LogP contribution in [0, 0.1) is 0 Å². The summed E-state index contributed by atoms with van der Waals surface area (Å²) in [5.41, 5.74) is -1.02. The highest BCUT2D eigenvalue weighted by Crippen LogP contribution is 2.35. The van der Waals surface area contributed by atoms with Crippen LogP contribution in [0.2, 0.25) is 0 Å². The second-order valence-corrected chi connectivity index (χ2v) is 5.91. The van der Waals surface area contributed by atoms with Gasteiger partial charge in [-0.3, -0.25) is 9.78 Å². The lowest BCUT2D eigenvalue weighted by molar-refractivity contribution is -0.134. The van der Waals surface area contributed by atoms with Gasteiger partial charge in [0.15, 0.2) is 5.67 Å². The van der Waals surface area contributed by atoms with E-state index in [-0.39, 0.29) is 31.3 Å². The van der Waals surface area contributed by atoms with Crippen LogP contribution in [0.15, 0.2) is 24.4 Å². The van der Waals surface area contributed by atoms with Gasteiger partial charge in [0.05, 0.1) is 12.2 Å². The lowest BCUT2D eigenvalue weighted by atomic mass is 9.89. The first kappa shape index (κ1) is 15.7. The van der Waals surface area contributed by atoms with Gasteiger partial charge in [0.1, 0.15) is 6.61 Å². The second kappa shape index (κ2) is 6.52. The first-order chi connectivity index (χ1) is 11.1. The molecule has 2 saturated heterocycles. The number of pyridine rings is 1. The van der Waals surface area contributed by atoms with Gasteiger partial charge in [-0.2, -0.15) is 0 Å². The third kappa shape index (κ3) is 3.43. The molecule has 0 N–H and O–H groups in total. The average molecular weight is 321 g/mol. The highest BCUT2D eigenvalue weighted by molar-refractivity contribution is 5.77. The third-order valence-electron chi connectivity index (χ3n) is 4.47. The SMILES string of the molecule is O=C(CCN1CCOC1=O)N1CCC(F)(c2ccccn2)CC1. The molecule has 0 unspecified atom stereocenters. The minimum atomic E-state index is -1.46. The first-order valence-electron chi connectivity index (χ1n) is 7.88. The number of amides is 2. The smallest absolute Gasteiger partial charge is 0.409 e. The number of piperidine rings is 1. The average Bonchev–Trinajstić information content (AvgIpc) is 2.99. The van der Waals surface area contributed by atoms with Crippen molar-refractivity contribution >= 4 is 12.0 Å². The number of hydrogen-bond acceptors (Lipinski definition) is 4. The number of likely N-dealkylation sites (tertiary alicyclic amines) is 1. The molecule has 0 spiro atoms. The van der Waals surface area contributed by atoms with Crippen LogP contribution in [0.1, 0.15) is 25.0 Å². The quantitative estimate of drug-likeness (QED) is 0.847. The molecule has 0 radical (unpaired) electrons. The largest absolute Gasteiger partial charge is 0.448 e. The van der Waals surface area contributed by atoms with E-state index in [1.165, 1.54) is 4.90 Å². The van der Waals surface area contributed by atoms with Gasteiger partial charge in [-0.15, -0.1) is 0 Å². The molecular weight excluding hydrogens is 301 g/mol. The molecule has 2 aliphatic rings. The maximum Gasteiger partial charge on any atom is 0.409 e. The van der Waals surface area contributed by atoms with Crippen LogP contribution in [-0.2, 0) is 15.2 Å². The lowest BCUT2D eigenvalue weighted by Crippen LogP contribution is -2.44. The van der Waals surface area contributed by atoms with E-state index in [0.717, 1.165) is 0 Å². The summed E-state index contributed by atoms with van der Waals surface area (Å²) in [5.74, 6) is -0.0484. The standard InChI is InChI=1S/C16H20FN3O3/c17-16(13-3-1-2-7-18-13)5-9-19(10-6-16)14(21)4-8-20-11-12-23-15(20)22/h1-3,7H,4-6,8-12H2. The van der Waals surface area contributed by atoms with Crippen LogP contribution < -0.4 is 0 Å². The molecule has 0 atom stereocenters. The van der Waals surface area contributed by atoms with E-state index in [4.69, 9.17) is 4.74 Å². The molecule has 2 fully saturated rings. The number of ether oxygens (including phenoxy) is 1. The summed E-state index contributed by atoms with van der Waals surface area (Å²) >= 11 is 0. The van der Waals surface area contributed by atoms with Crippen LogP contribution >= 0.6 is 0 Å². The Morgan fingerprint density at radius 1 is 1.30 bits per heavy atom. The zero-order valence-electron chi connectivity index (χ0n) is 12.9. The zero-order valence-corrected chi connectivity index (χ0v) is 12.9. The number of carbonyl (C=O) groups is 2. The van der Waals surface area contributed by atoms with E-state index in [1.807, 2.05) is 0 Å². The van der Waals surface area contributed by atoms with Crippen molar-refractivity contribution in [1.82, 2.24) is 14.8 Å². The Kier molecular flexibility index (Phi) is 4.45. The molecular formula is C16H20FN3O3. The summed E-state index contributed by atoms with van der Waals surface area (Å²) in [5, 5.41) is 0. The number of cyclic esters (lactones) is 1. The molecule has 23 heavy (non-hydrogen) atoms. The third-order valence-corrected chi connectivity index (χ3v) is 4.47. The van der Waals surface area contributed by atoms with Gasteiger partial charge in [0, 0.05) is 45.1 Å². The molecule has 0 saturated carbocycles. The van der Waals surface area contributed by atoms with Gasteiger partial charge in [0.25, 0.3) is 0 Å². The van der Waals surface area contributed by atoms with Gasteiger partial charge < -0.3 is 14.5 Å². The van der Waals surface area contributed by atoms with Crippen molar-refractivity contribution in [1.29, 1.82) is 0 Å². The van der Waals surface area contributed by atoms with Crippen LogP contribution in [-0.4, -0.2) is 59.6 Å². The fourth-order valence-corrected chi connectivity index (χ4v) is 3.01. The van der Waals surface area contributed by atoms with Gasteiger partial charge in [0.2, 0.25) is 5.91 Å². The molecule has 7 heteroatoms. The Balaban J connectivity index is 1.50. The summed E-state index contributed by atoms with van der Waals surface area (Å²) in [4.78, 5) is 30.8. The van der Waals surface area contributed by atoms with Gasteiger partial charge in [-0.05, 0) is 12.1 Å². The summed E-state index contributed by atoms with van der Waals surface area (Å²) in [6, 6.07) is 5.22. The predicted octanol–water partition coefficient (Wildman–Crippen LogP) is 1.71. The predicted molar refractivity (Wildman–Crippen MR) is 80.4 cm³/mol. The Bertz CT molecular complexity index is 573. The van der Waals surface area contributed by atoms with Gasteiger partial charge in [-0.1, -0.05) is 6.07 Å². The first-order valence-corrected chi connectivity index (χ1v) is 7.88. The summed E-state index contributed by atoms with van der Waals surface area (Å²) in [6.45, 7) is 2.01. The Labute approximate surface area is 134 Å². The van der Waals surface area contributed by atoms with Crippen molar-refractivity contribution in [2.24, 2.45) is 0 Å². The number of alkyl halides is 1. The fourth-order valence-electron chi connectivity index (χ4n) is 3.01. The minimum absolute atomic E-state index is 0.0484. The molecule has 6 nitrogen and oxygen atoms in total. The van der Waals surface area contributed by atoms with Crippen LogP contribution in [0.5, 0.6) is 0 Å². The maximum atomic E-state index is 15.0. The Hall–Kier alpha value is -2.18. The van der Waals surface area contributed by atoms with Crippen LogP contribution in [0.4, 0.5) is 9.18 Å². The highest BCUT2D eigenvalue weighted by atomic mass is 19.1. The van der Waals surface area contributed by atoms with E-state index in [0.29, 0.717) is 38.5 Å². The Morgan fingerprint density at radius 2 is 2.09 bits per heavy atom. The molecule has 3 heterocycles. The molecule has 3 rings (SSSR count). The minimum Gasteiger partial charge on any atom is -0.448 e. The topological polar surface area (TPSA) is 62.7 Å². The van der Waals surface area contributed by atoms with Crippen LogP contribution in [0.3, 0.4) is 0 Å². The number of aromatic nitrogens is 1. The number of rotatable bonds is 4. The number of carbonyl (C=O) groups excluding carboxylic acids is 2. The van der Waals surface area contributed by atoms with Gasteiger partial charge in [-0.25, -0.2) is 9.18 Å². The van der Waals surface area contributed by atoms with E-state index in [1.54, 1.807) is 29.3 Å². The molecule has 2 amide bonds. The summed E-state index contributed by atoms with van der Waals surface area (Å²) < 4.78 is 19.8. The van der Waals surface area contributed by atoms with Crippen molar-refractivity contribution in [3.05, 3.63) is 30.1 Å². The lowest BCUT2D eigenvalue weighted by Gasteiger charge is -2.36. The number of hydrogen-bond donors (Lipinski definition) is 0. The fraction of sp³-hybridized carbons (Fsp3) is 0.562. The normalized spacial score (nSPS) is 20.5. The van der Waals surface area contributed by atoms with Crippen molar-refractivity contribution in [2.45, 2.75) is 24.9 Å². The zero-order chi connectivity index (χ0) is 16.3. The Morgan fingerprint density at radius 3 is 2.70 bits per heavy atom. The molecule has 1 aromatic rings. The monoisotopic (exact) mass is 321 g/mol.